The predicted octanol–water partition coefficient (Wildman–Crippen LogP) is 1.17. The molecule has 1 heterocycles. The van der Waals surface area contributed by atoms with Gasteiger partial charge in [-0.1, -0.05) is 13.0 Å². The maximum Gasteiger partial charge on any atom is 0.387 e. The van der Waals surface area contributed by atoms with E-state index < -0.39 is 41.8 Å². The van der Waals surface area contributed by atoms with Crippen molar-refractivity contribution in [1.29, 1.82) is 0 Å². The third-order valence-corrected chi connectivity index (χ3v) is 3.59. The molecule has 0 aliphatic rings. The summed E-state index contributed by atoms with van der Waals surface area (Å²) < 4.78 is 34.5. The predicted molar refractivity (Wildman–Crippen MR) is 93.7 cm³/mol. The monoisotopic (exact) mass is 397 g/mol. The summed E-state index contributed by atoms with van der Waals surface area (Å²) >= 11 is 0. The Hall–Kier alpha value is -3.50. The third kappa shape index (κ3) is 4.81. The van der Waals surface area contributed by atoms with Gasteiger partial charge in [0.1, 0.15) is 17.1 Å². The van der Waals surface area contributed by atoms with Crippen molar-refractivity contribution in [1.82, 2.24) is 9.55 Å². The summed E-state index contributed by atoms with van der Waals surface area (Å²) in [4.78, 5) is 50.0. The highest BCUT2D eigenvalue weighted by molar-refractivity contribution is 6.02. The summed E-state index contributed by atoms with van der Waals surface area (Å²) in [6.07, 6.45) is 0.524. The lowest BCUT2D eigenvalue weighted by atomic mass is 10.2. The van der Waals surface area contributed by atoms with Crippen molar-refractivity contribution < 1.29 is 27.8 Å². The fraction of sp³-hybridized carbons (Fsp3) is 0.294. The molecular formula is C17H17F2N3O6. The van der Waals surface area contributed by atoms with E-state index in [9.17, 15) is 28.0 Å². The quantitative estimate of drug-likeness (QED) is 0.504. The number of nitrogens with zero attached hydrogens (tertiary/aromatic N) is 1. The zero-order valence-corrected chi connectivity index (χ0v) is 14.7. The number of halogens is 2. The zero-order chi connectivity index (χ0) is 20.8. The molecule has 0 spiro atoms. The molecule has 1 aromatic carbocycles. The highest BCUT2D eigenvalue weighted by Gasteiger charge is 2.21. The molecule has 11 heteroatoms. The number of nitrogen functional groups attached to an aromatic ring is 1. The number of ketones is 1. The minimum Gasteiger partial charge on any atom is -0.454 e. The molecule has 1 aromatic heterocycles. The van der Waals surface area contributed by atoms with Crippen LogP contribution in [-0.4, -0.2) is 34.5 Å². The second-order valence-electron chi connectivity index (χ2n) is 5.58. The third-order valence-electron chi connectivity index (χ3n) is 3.59. The number of ether oxygens (including phenoxy) is 2. The van der Waals surface area contributed by atoms with Gasteiger partial charge in [0.25, 0.3) is 5.56 Å². The van der Waals surface area contributed by atoms with Crippen LogP contribution >= 0.6 is 0 Å². The molecule has 2 rings (SSSR count). The summed E-state index contributed by atoms with van der Waals surface area (Å²) in [5.74, 6) is -2.51. The molecule has 0 atom stereocenters. The second-order valence-corrected chi connectivity index (χ2v) is 5.58. The van der Waals surface area contributed by atoms with Crippen molar-refractivity contribution in [2.75, 3.05) is 12.3 Å². The van der Waals surface area contributed by atoms with E-state index in [2.05, 4.69) is 4.74 Å². The summed E-state index contributed by atoms with van der Waals surface area (Å²) in [5.41, 5.74) is 3.36. The first-order chi connectivity index (χ1) is 13.2. The van der Waals surface area contributed by atoms with Gasteiger partial charge in [0, 0.05) is 6.54 Å². The van der Waals surface area contributed by atoms with Gasteiger partial charge in [0.15, 0.2) is 6.61 Å². The average Bonchev–Trinajstić information content (AvgIpc) is 2.62. The fourth-order valence-corrected chi connectivity index (χ4v) is 2.39. The Labute approximate surface area is 156 Å². The maximum atomic E-state index is 12.3. The van der Waals surface area contributed by atoms with Gasteiger partial charge >= 0.3 is 18.3 Å². The van der Waals surface area contributed by atoms with Gasteiger partial charge in [-0.15, -0.1) is 0 Å². The number of aromatic nitrogens is 2. The van der Waals surface area contributed by atoms with E-state index in [0.29, 0.717) is 6.42 Å². The number of rotatable bonds is 8. The van der Waals surface area contributed by atoms with E-state index in [0.717, 1.165) is 10.6 Å². The van der Waals surface area contributed by atoms with E-state index in [1.807, 2.05) is 4.98 Å². The number of benzene rings is 1. The summed E-state index contributed by atoms with van der Waals surface area (Å²) in [6.45, 7) is -1.96. The van der Waals surface area contributed by atoms with Gasteiger partial charge < -0.3 is 15.2 Å². The van der Waals surface area contributed by atoms with Crippen LogP contribution in [0.5, 0.6) is 5.75 Å². The number of hydrogen-bond acceptors (Lipinski definition) is 7. The Morgan fingerprint density at radius 1 is 1.29 bits per heavy atom. The van der Waals surface area contributed by atoms with Crippen molar-refractivity contribution in [2.45, 2.75) is 26.5 Å². The summed E-state index contributed by atoms with van der Waals surface area (Å²) in [5, 5.41) is 0. The molecule has 28 heavy (non-hydrogen) atoms. The molecule has 0 aliphatic carbocycles. The molecule has 0 aliphatic heterocycles. The second kappa shape index (κ2) is 8.93. The van der Waals surface area contributed by atoms with Crippen molar-refractivity contribution in [2.24, 2.45) is 0 Å². The molecule has 0 saturated carbocycles. The number of carbonyl (C=O) groups is 2. The van der Waals surface area contributed by atoms with E-state index >= 15 is 0 Å². The van der Waals surface area contributed by atoms with Crippen molar-refractivity contribution in [3.63, 3.8) is 0 Å². The normalized spacial score (nSPS) is 10.7. The molecular weight excluding hydrogens is 380 g/mol. The molecule has 3 N–H and O–H groups in total. The van der Waals surface area contributed by atoms with Gasteiger partial charge in [0.05, 0.1) is 5.56 Å². The van der Waals surface area contributed by atoms with Gasteiger partial charge in [-0.3, -0.25) is 19.1 Å². The minimum absolute atomic E-state index is 0.135. The molecule has 9 nitrogen and oxygen atoms in total. The number of Topliss-reactive ketones (excluding diaryl/α,β-unsaturated/α-hetero) is 1. The van der Waals surface area contributed by atoms with Crippen LogP contribution in [0.25, 0.3) is 0 Å². The lowest BCUT2D eigenvalue weighted by Gasteiger charge is -2.11. The maximum absolute atomic E-state index is 12.3. The van der Waals surface area contributed by atoms with Crippen LogP contribution in [0.4, 0.5) is 14.6 Å². The Bertz CT molecular complexity index is 999. The number of nitrogens with one attached hydrogen (secondary N) is 1. The molecule has 0 amide bonds. The lowest BCUT2D eigenvalue weighted by Crippen LogP contribution is -2.37. The first-order valence-electron chi connectivity index (χ1n) is 8.12. The van der Waals surface area contributed by atoms with Gasteiger partial charge in [-0.2, -0.15) is 8.78 Å². The van der Waals surface area contributed by atoms with Gasteiger partial charge in [-0.05, 0) is 24.6 Å². The molecule has 0 radical (unpaired) electrons. The van der Waals surface area contributed by atoms with Crippen LogP contribution in [-0.2, 0) is 11.3 Å². The number of aromatic amines is 1. The smallest absolute Gasteiger partial charge is 0.387 e. The Morgan fingerprint density at radius 2 is 2.00 bits per heavy atom. The van der Waals surface area contributed by atoms with E-state index in [4.69, 9.17) is 10.5 Å². The van der Waals surface area contributed by atoms with Crippen LogP contribution < -0.4 is 21.7 Å². The van der Waals surface area contributed by atoms with Crippen molar-refractivity contribution >= 4 is 17.6 Å². The van der Waals surface area contributed by atoms with Gasteiger partial charge in [0.2, 0.25) is 5.78 Å². The number of alkyl halides is 2. The van der Waals surface area contributed by atoms with Gasteiger partial charge in [-0.25, -0.2) is 9.59 Å². The largest absolute Gasteiger partial charge is 0.454 e. The summed E-state index contributed by atoms with van der Waals surface area (Å²) in [6, 6.07) is 4.79. The van der Waals surface area contributed by atoms with Crippen LogP contribution in [0.1, 0.15) is 34.1 Å². The Kier molecular flexibility index (Phi) is 6.64. The number of hydrogen-bond donors (Lipinski definition) is 2. The first-order valence-corrected chi connectivity index (χ1v) is 8.12. The molecule has 0 bridgehead atoms. The van der Waals surface area contributed by atoms with Crippen molar-refractivity contribution in [3.8, 4) is 5.75 Å². The highest BCUT2D eigenvalue weighted by Crippen LogP contribution is 2.17. The number of esters is 1. The number of nitrogens with two attached hydrogens (primary N) is 1. The molecule has 0 saturated heterocycles. The van der Waals surface area contributed by atoms with Crippen LogP contribution in [0.2, 0.25) is 0 Å². The average molecular weight is 397 g/mol. The number of H-pyrrole nitrogens is 1. The van der Waals surface area contributed by atoms with Crippen LogP contribution in [0.15, 0.2) is 33.9 Å². The highest BCUT2D eigenvalue weighted by atomic mass is 19.3. The standard InChI is InChI=1S/C17H17F2N3O6/c1-2-6-22-13(20)12(14(24)21-17(22)26)11(23)8-27-15(25)9-4-3-5-10(7-9)28-16(18)19/h3-5,7,16H,2,6,8,20H2,1H3,(H,21,24,26). The molecule has 0 unspecified atom stereocenters. The van der Waals surface area contributed by atoms with Crippen LogP contribution in [0, 0.1) is 0 Å². The Balaban J connectivity index is 2.16. The molecule has 150 valence electrons. The number of carbonyl (C=O) groups excluding carboxylic acids is 2. The molecule has 2 aromatic rings. The lowest BCUT2D eigenvalue weighted by molar-refractivity contribution is -0.0499. The zero-order valence-electron chi connectivity index (χ0n) is 14.7. The SMILES string of the molecule is CCCn1c(N)c(C(=O)COC(=O)c2cccc(OC(F)F)c2)c(=O)[nH]c1=O. The van der Waals surface area contributed by atoms with Crippen LogP contribution in [0.3, 0.4) is 0 Å². The Morgan fingerprint density at radius 3 is 2.64 bits per heavy atom. The minimum atomic E-state index is -3.07. The first kappa shape index (κ1) is 20.8. The van der Waals surface area contributed by atoms with E-state index in [1.165, 1.54) is 18.2 Å². The van der Waals surface area contributed by atoms with E-state index in [-0.39, 0.29) is 23.7 Å². The fourth-order valence-electron chi connectivity index (χ4n) is 2.39. The summed E-state index contributed by atoms with van der Waals surface area (Å²) in [7, 11) is 0. The topological polar surface area (TPSA) is 133 Å². The molecule has 0 fully saturated rings. The van der Waals surface area contributed by atoms with E-state index in [1.54, 1.807) is 6.92 Å². The number of anilines is 1. The van der Waals surface area contributed by atoms with Crippen molar-refractivity contribution in [3.05, 3.63) is 56.2 Å².